The van der Waals surface area contributed by atoms with Crippen molar-refractivity contribution < 1.29 is 14.4 Å². The second kappa shape index (κ2) is 14.4. The lowest BCUT2D eigenvalue weighted by Gasteiger charge is -2.14. The Bertz CT molecular complexity index is 1600. The van der Waals surface area contributed by atoms with Gasteiger partial charge in [0.25, 0.3) is 11.8 Å². The van der Waals surface area contributed by atoms with E-state index >= 15 is 0 Å². The maximum absolute atomic E-state index is 13.4. The van der Waals surface area contributed by atoms with E-state index in [1.165, 1.54) is 17.8 Å². The van der Waals surface area contributed by atoms with Crippen molar-refractivity contribution in [2.75, 3.05) is 10.6 Å². The van der Waals surface area contributed by atoms with E-state index in [9.17, 15) is 14.4 Å². The molecule has 0 saturated carbocycles. The Hall–Kier alpha value is -3.56. The van der Waals surface area contributed by atoms with E-state index in [1.54, 1.807) is 73.7 Å². The molecule has 0 spiro atoms. The number of nitrogens with one attached hydrogen (secondary N) is 3. The first kappa shape index (κ1) is 30.4. The van der Waals surface area contributed by atoms with Crippen LogP contribution in [-0.2, 0) is 9.59 Å². The molecular weight excluding hydrogens is 645 g/mol. The highest BCUT2D eigenvalue weighted by molar-refractivity contribution is 9.10. The van der Waals surface area contributed by atoms with Gasteiger partial charge in [-0.25, -0.2) is 0 Å². The van der Waals surface area contributed by atoms with Crippen molar-refractivity contribution in [2.45, 2.75) is 17.1 Å². The summed E-state index contributed by atoms with van der Waals surface area (Å²) in [5, 5.41) is 8.78. The Morgan fingerprint density at radius 2 is 1.56 bits per heavy atom. The summed E-state index contributed by atoms with van der Waals surface area (Å²) in [4.78, 5) is 39.8. The van der Waals surface area contributed by atoms with Crippen LogP contribution in [0.25, 0.3) is 6.08 Å². The summed E-state index contributed by atoms with van der Waals surface area (Å²) in [5.41, 5.74) is 2.07. The molecule has 0 heterocycles. The molecular formula is C31H24BrCl2N3O3S. The summed E-state index contributed by atoms with van der Waals surface area (Å²) in [6, 6.07) is 27.9. The summed E-state index contributed by atoms with van der Waals surface area (Å²) in [5.74, 6) is -1.16. The Morgan fingerprint density at radius 3 is 2.27 bits per heavy atom. The highest BCUT2D eigenvalue weighted by atomic mass is 79.9. The Labute approximate surface area is 260 Å². The fourth-order valence-corrected chi connectivity index (χ4v) is 5.25. The quantitative estimate of drug-likeness (QED) is 0.124. The van der Waals surface area contributed by atoms with Gasteiger partial charge in [0.2, 0.25) is 5.91 Å². The van der Waals surface area contributed by atoms with E-state index in [-0.39, 0.29) is 11.6 Å². The van der Waals surface area contributed by atoms with Crippen molar-refractivity contribution in [3.63, 3.8) is 0 Å². The topological polar surface area (TPSA) is 87.3 Å². The highest BCUT2D eigenvalue weighted by Crippen LogP contribution is 2.28. The van der Waals surface area contributed by atoms with Gasteiger partial charge < -0.3 is 16.0 Å². The van der Waals surface area contributed by atoms with Crippen LogP contribution in [0.5, 0.6) is 0 Å². The molecule has 0 aliphatic carbocycles. The van der Waals surface area contributed by atoms with Gasteiger partial charge in [-0.3, -0.25) is 14.4 Å². The number of anilines is 2. The van der Waals surface area contributed by atoms with Crippen LogP contribution in [-0.4, -0.2) is 23.0 Å². The summed E-state index contributed by atoms with van der Waals surface area (Å²) >= 11 is 17.1. The molecule has 4 aromatic carbocycles. The van der Waals surface area contributed by atoms with Gasteiger partial charge >= 0.3 is 0 Å². The smallest absolute Gasteiger partial charge is 0.272 e. The summed E-state index contributed by atoms with van der Waals surface area (Å²) in [7, 11) is 0. The second-order valence-electron chi connectivity index (χ2n) is 8.78. The Kier molecular flexibility index (Phi) is 10.7. The minimum absolute atomic E-state index is 0.0108. The van der Waals surface area contributed by atoms with Crippen LogP contribution in [0.2, 0.25) is 10.0 Å². The van der Waals surface area contributed by atoms with Crippen LogP contribution in [0.1, 0.15) is 22.8 Å². The molecule has 4 aromatic rings. The van der Waals surface area contributed by atoms with E-state index in [1.807, 2.05) is 30.3 Å². The predicted octanol–water partition coefficient (Wildman–Crippen LogP) is 8.28. The zero-order valence-corrected chi connectivity index (χ0v) is 25.6. The van der Waals surface area contributed by atoms with Crippen LogP contribution in [0.3, 0.4) is 0 Å². The average Bonchev–Trinajstić information content (AvgIpc) is 2.95. The normalized spacial score (nSPS) is 11.9. The maximum Gasteiger partial charge on any atom is 0.272 e. The molecule has 0 saturated heterocycles. The molecule has 41 heavy (non-hydrogen) atoms. The minimum Gasteiger partial charge on any atom is -0.325 e. The number of amides is 3. The molecule has 1 unspecified atom stereocenters. The van der Waals surface area contributed by atoms with Gasteiger partial charge in [-0.15, -0.1) is 11.8 Å². The number of hydrogen-bond donors (Lipinski definition) is 3. The molecule has 3 amide bonds. The maximum atomic E-state index is 13.4. The monoisotopic (exact) mass is 667 g/mol. The summed E-state index contributed by atoms with van der Waals surface area (Å²) in [6.45, 7) is 1.81. The third-order valence-electron chi connectivity index (χ3n) is 5.68. The predicted molar refractivity (Wildman–Crippen MR) is 172 cm³/mol. The van der Waals surface area contributed by atoms with Crippen molar-refractivity contribution in [3.8, 4) is 0 Å². The van der Waals surface area contributed by atoms with Gasteiger partial charge in [0.1, 0.15) is 5.70 Å². The van der Waals surface area contributed by atoms with Gasteiger partial charge in [-0.2, -0.15) is 0 Å². The largest absolute Gasteiger partial charge is 0.325 e. The minimum atomic E-state index is -0.552. The van der Waals surface area contributed by atoms with Crippen molar-refractivity contribution in [1.29, 1.82) is 0 Å². The number of rotatable bonds is 9. The van der Waals surface area contributed by atoms with Crippen molar-refractivity contribution >= 4 is 86.1 Å². The summed E-state index contributed by atoms with van der Waals surface area (Å²) in [6.07, 6.45) is 1.49. The van der Waals surface area contributed by atoms with Crippen LogP contribution in [0.4, 0.5) is 11.4 Å². The number of thioether (sulfide) groups is 1. The van der Waals surface area contributed by atoms with Crippen LogP contribution in [0, 0.1) is 0 Å². The molecule has 1 atom stereocenters. The second-order valence-corrected chi connectivity index (χ2v) is 12.0. The van der Waals surface area contributed by atoms with Gasteiger partial charge in [-0.1, -0.05) is 69.5 Å². The van der Waals surface area contributed by atoms with Crippen molar-refractivity contribution in [1.82, 2.24) is 5.32 Å². The first-order chi connectivity index (χ1) is 19.7. The third kappa shape index (κ3) is 8.96. The Balaban J connectivity index is 1.50. The number of carbonyl (C=O) groups excluding carboxylic acids is 3. The molecule has 0 bridgehead atoms. The molecule has 3 N–H and O–H groups in total. The molecule has 0 aromatic heterocycles. The van der Waals surface area contributed by atoms with Crippen LogP contribution < -0.4 is 16.0 Å². The Morgan fingerprint density at radius 1 is 0.829 bits per heavy atom. The zero-order valence-electron chi connectivity index (χ0n) is 21.7. The molecule has 0 aliphatic rings. The van der Waals surface area contributed by atoms with Crippen molar-refractivity contribution in [2.24, 2.45) is 0 Å². The van der Waals surface area contributed by atoms with E-state index in [0.717, 1.165) is 9.37 Å². The van der Waals surface area contributed by atoms with E-state index < -0.39 is 17.1 Å². The lowest BCUT2D eigenvalue weighted by atomic mass is 10.1. The lowest BCUT2D eigenvalue weighted by molar-refractivity contribution is -0.115. The van der Waals surface area contributed by atoms with Crippen molar-refractivity contribution in [3.05, 3.63) is 128 Å². The molecule has 0 aliphatic heterocycles. The summed E-state index contributed by atoms with van der Waals surface area (Å²) < 4.78 is 0.922. The van der Waals surface area contributed by atoms with Crippen LogP contribution in [0.15, 0.2) is 112 Å². The number of benzene rings is 4. The molecule has 6 nitrogen and oxygen atoms in total. The molecule has 10 heteroatoms. The molecule has 208 valence electrons. The zero-order chi connectivity index (χ0) is 29.4. The SMILES string of the molecule is CC(Sc1cccc(NC(=O)/C(=C\c2ccc(Cl)cc2Cl)NC(=O)c2ccccc2)c1)C(=O)Nc1ccc(Br)cc1. The van der Waals surface area contributed by atoms with Crippen LogP contribution >= 0.6 is 50.9 Å². The van der Waals surface area contributed by atoms with Gasteiger partial charge in [0, 0.05) is 36.4 Å². The molecule has 0 radical (unpaired) electrons. The first-order valence-corrected chi connectivity index (χ1v) is 14.8. The van der Waals surface area contributed by atoms with Gasteiger partial charge in [0.05, 0.1) is 5.25 Å². The number of halogens is 3. The first-order valence-electron chi connectivity index (χ1n) is 12.4. The van der Waals surface area contributed by atoms with E-state index in [0.29, 0.717) is 32.5 Å². The standard InChI is InChI=1S/C31H24BrCl2N3O3S/c1-19(29(38)35-24-14-11-22(32)12-15-24)41-26-9-5-8-25(18-26)36-31(40)28(16-21-10-13-23(33)17-27(21)34)37-30(39)20-6-3-2-4-7-20/h2-19H,1H3,(H,35,38)(H,36,40)(H,37,39)/b28-16+. The fourth-order valence-electron chi connectivity index (χ4n) is 3.60. The lowest BCUT2D eigenvalue weighted by Crippen LogP contribution is -2.30. The number of hydrogen-bond acceptors (Lipinski definition) is 4. The van der Waals surface area contributed by atoms with E-state index in [4.69, 9.17) is 23.2 Å². The molecule has 0 fully saturated rings. The van der Waals surface area contributed by atoms with Gasteiger partial charge in [-0.05, 0) is 85.3 Å². The van der Waals surface area contributed by atoms with Gasteiger partial charge in [0.15, 0.2) is 0 Å². The molecule has 4 rings (SSSR count). The average molecular weight is 669 g/mol. The highest BCUT2D eigenvalue weighted by Gasteiger charge is 2.18. The van der Waals surface area contributed by atoms with E-state index in [2.05, 4.69) is 31.9 Å². The third-order valence-corrected chi connectivity index (χ3v) is 7.86. The number of carbonyl (C=O) groups is 3. The fraction of sp³-hybridized carbons (Fsp3) is 0.0645.